The van der Waals surface area contributed by atoms with Gasteiger partial charge in [-0.2, -0.15) is 0 Å². The summed E-state index contributed by atoms with van der Waals surface area (Å²) in [4.78, 5) is 14.0. The van der Waals surface area contributed by atoms with Crippen molar-refractivity contribution < 1.29 is 23.8 Å². The second-order valence-electron chi connectivity index (χ2n) is 7.31. The average Bonchev–Trinajstić information content (AvgIpc) is 2.62. The lowest BCUT2D eigenvalue weighted by atomic mass is 9.94. The van der Waals surface area contributed by atoms with Gasteiger partial charge in [-0.25, -0.2) is 4.39 Å². The van der Waals surface area contributed by atoms with Crippen molar-refractivity contribution in [2.75, 3.05) is 26.3 Å². The number of aliphatic hydroxyl groups excluding tert-OH is 1. The molecule has 2 aliphatic rings. The van der Waals surface area contributed by atoms with E-state index < -0.39 is 6.10 Å². The average molecular weight is 380 g/mol. The monoisotopic (exact) mass is 380 g/mol. The standard InChI is InChI=1S/C20H29FN2O4/c1-2-22-20(25)9-16-7-8-18-19(27-16)13-26-12-15(24)11-23(18)10-14-5-3-4-6-17(14)21/h3-6,15-16,18-19,24H,2,7-13H2,1H3,(H,22,25)/t15-,16-,18-,19+/m1/s1. The molecule has 1 amide bonds. The van der Waals surface area contributed by atoms with Crippen LogP contribution in [0.4, 0.5) is 4.39 Å². The number of amides is 1. The van der Waals surface area contributed by atoms with Crippen LogP contribution in [0.1, 0.15) is 31.7 Å². The first-order valence-corrected chi connectivity index (χ1v) is 9.72. The predicted molar refractivity (Wildman–Crippen MR) is 98.6 cm³/mol. The van der Waals surface area contributed by atoms with Gasteiger partial charge < -0.3 is 19.9 Å². The van der Waals surface area contributed by atoms with Crippen molar-refractivity contribution in [2.45, 2.75) is 57.1 Å². The number of hydrogen-bond acceptors (Lipinski definition) is 5. The van der Waals surface area contributed by atoms with Crippen molar-refractivity contribution in [1.29, 1.82) is 0 Å². The lowest BCUT2D eigenvalue weighted by molar-refractivity contribution is -0.158. The molecule has 2 aliphatic heterocycles. The highest BCUT2D eigenvalue weighted by Crippen LogP contribution is 2.29. The lowest BCUT2D eigenvalue weighted by Gasteiger charge is -2.44. The van der Waals surface area contributed by atoms with E-state index in [4.69, 9.17) is 9.47 Å². The molecule has 0 unspecified atom stereocenters. The van der Waals surface area contributed by atoms with Gasteiger partial charge in [0, 0.05) is 31.2 Å². The molecular formula is C20H29FN2O4. The van der Waals surface area contributed by atoms with Gasteiger partial charge in [0.05, 0.1) is 37.9 Å². The summed E-state index contributed by atoms with van der Waals surface area (Å²) in [5, 5.41) is 13.0. The number of carbonyl (C=O) groups is 1. The normalized spacial score (nSPS) is 29.4. The molecule has 2 N–H and O–H groups in total. The van der Waals surface area contributed by atoms with E-state index in [-0.39, 0.29) is 36.6 Å². The van der Waals surface area contributed by atoms with Gasteiger partial charge in [0.2, 0.25) is 5.91 Å². The number of ether oxygens (including phenoxy) is 2. The lowest BCUT2D eigenvalue weighted by Crippen LogP contribution is -2.55. The number of fused-ring (bicyclic) bond motifs is 1. The van der Waals surface area contributed by atoms with Crippen LogP contribution < -0.4 is 5.32 Å². The van der Waals surface area contributed by atoms with Crippen LogP contribution in [0.2, 0.25) is 0 Å². The molecule has 6 nitrogen and oxygen atoms in total. The number of rotatable bonds is 5. The van der Waals surface area contributed by atoms with Crippen LogP contribution in [0.5, 0.6) is 0 Å². The molecule has 2 heterocycles. The van der Waals surface area contributed by atoms with Gasteiger partial charge in [0.25, 0.3) is 0 Å². The van der Waals surface area contributed by atoms with Crippen LogP contribution in [0.3, 0.4) is 0 Å². The Morgan fingerprint density at radius 3 is 2.93 bits per heavy atom. The van der Waals surface area contributed by atoms with Gasteiger partial charge in [0.1, 0.15) is 5.82 Å². The molecule has 3 rings (SSSR count). The summed E-state index contributed by atoms with van der Waals surface area (Å²) in [6.07, 6.45) is 0.957. The Kier molecular flexibility index (Phi) is 7.18. The Balaban J connectivity index is 1.70. The third kappa shape index (κ3) is 5.48. The van der Waals surface area contributed by atoms with Crippen LogP contribution in [0.25, 0.3) is 0 Å². The topological polar surface area (TPSA) is 71.0 Å². The molecule has 1 aromatic carbocycles. The second kappa shape index (κ2) is 9.59. The maximum absolute atomic E-state index is 14.1. The number of aliphatic hydroxyl groups is 1. The van der Waals surface area contributed by atoms with E-state index in [1.807, 2.05) is 13.0 Å². The zero-order chi connectivity index (χ0) is 19.2. The number of nitrogens with one attached hydrogen (secondary N) is 1. The molecule has 4 atom stereocenters. The quantitative estimate of drug-likeness (QED) is 0.809. The number of carbonyl (C=O) groups excluding carboxylic acids is 1. The Morgan fingerprint density at radius 1 is 1.33 bits per heavy atom. The minimum Gasteiger partial charge on any atom is -0.389 e. The highest BCUT2D eigenvalue weighted by Gasteiger charge is 2.38. The fourth-order valence-corrected chi connectivity index (χ4v) is 3.95. The molecular weight excluding hydrogens is 351 g/mol. The van der Waals surface area contributed by atoms with Gasteiger partial charge in [0.15, 0.2) is 0 Å². The van der Waals surface area contributed by atoms with Crippen molar-refractivity contribution in [3.8, 4) is 0 Å². The van der Waals surface area contributed by atoms with Crippen LogP contribution in [-0.4, -0.2) is 66.6 Å². The van der Waals surface area contributed by atoms with E-state index in [2.05, 4.69) is 10.2 Å². The second-order valence-corrected chi connectivity index (χ2v) is 7.31. The van der Waals surface area contributed by atoms with Crippen LogP contribution in [0.15, 0.2) is 24.3 Å². The van der Waals surface area contributed by atoms with E-state index in [9.17, 15) is 14.3 Å². The highest BCUT2D eigenvalue weighted by molar-refractivity contribution is 5.76. The molecule has 0 aromatic heterocycles. The third-order valence-corrected chi connectivity index (χ3v) is 5.21. The molecule has 27 heavy (non-hydrogen) atoms. The fourth-order valence-electron chi connectivity index (χ4n) is 3.95. The maximum atomic E-state index is 14.1. The zero-order valence-corrected chi connectivity index (χ0v) is 15.8. The summed E-state index contributed by atoms with van der Waals surface area (Å²) in [7, 11) is 0. The first-order valence-electron chi connectivity index (χ1n) is 9.72. The zero-order valence-electron chi connectivity index (χ0n) is 15.8. The SMILES string of the molecule is CCNC(=O)C[C@H]1CC[C@@H]2[C@H](COC[C@H](O)CN2Cc2ccccc2F)O1. The molecule has 2 saturated heterocycles. The van der Waals surface area contributed by atoms with Crippen molar-refractivity contribution in [1.82, 2.24) is 10.2 Å². The molecule has 7 heteroatoms. The molecule has 0 radical (unpaired) electrons. The molecule has 1 aromatic rings. The first kappa shape index (κ1) is 20.2. The van der Waals surface area contributed by atoms with Crippen molar-refractivity contribution in [3.05, 3.63) is 35.6 Å². The molecule has 2 fully saturated rings. The number of hydrogen-bond donors (Lipinski definition) is 2. The van der Waals surface area contributed by atoms with E-state index in [1.54, 1.807) is 12.1 Å². The minimum absolute atomic E-state index is 0.00801. The Morgan fingerprint density at radius 2 is 2.15 bits per heavy atom. The van der Waals surface area contributed by atoms with Crippen molar-refractivity contribution in [3.63, 3.8) is 0 Å². The smallest absolute Gasteiger partial charge is 0.222 e. The maximum Gasteiger partial charge on any atom is 0.222 e. The predicted octanol–water partition coefficient (Wildman–Crippen LogP) is 1.46. The number of benzene rings is 1. The summed E-state index contributed by atoms with van der Waals surface area (Å²) in [5.41, 5.74) is 0.606. The molecule has 0 spiro atoms. The number of halogens is 1. The van der Waals surface area contributed by atoms with Gasteiger partial charge in [-0.05, 0) is 25.8 Å². The fraction of sp³-hybridized carbons (Fsp3) is 0.650. The number of nitrogens with zero attached hydrogens (tertiary/aromatic N) is 1. The summed E-state index contributed by atoms with van der Waals surface area (Å²) >= 11 is 0. The van der Waals surface area contributed by atoms with Gasteiger partial charge in [-0.15, -0.1) is 0 Å². The van der Waals surface area contributed by atoms with Gasteiger partial charge in [-0.1, -0.05) is 18.2 Å². The van der Waals surface area contributed by atoms with Crippen LogP contribution >= 0.6 is 0 Å². The van der Waals surface area contributed by atoms with Crippen molar-refractivity contribution in [2.24, 2.45) is 0 Å². The molecule has 0 aliphatic carbocycles. The number of β-amino-alcohol motifs (C(OH)–C–C–N with tert-alkyl or cyclic N) is 1. The Bertz CT molecular complexity index is 630. The van der Waals surface area contributed by atoms with E-state index >= 15 is 0 Å². The summed E-state index contributed by atoms with van der Waals surface area (Å²) in [6, 6.07) is 6.74. The van der Waals surface area contributed by atoms with Crippen LogP contribution in [0, 0.1) is 5.82 Å². The summed E-state index contributed by atoms with van der Waals surface area (Å²) in [6.45, 7) is 3.90. The van der Waals surface area contributed by atoms with Crippen molar-refractivity contribution >= 4 is 5.91 Å². The Labute approximate surface area is 159 Å². The summed E-state index contributed by atoms with van der Waals surface area (Å²) < 4.78 is 25.9. The first-order chi connectivity index (χ1) is 13.1. The third-order valence-electron chi connectivity index (χ3n) is 5.21. The summed E-state index contributed by atoms with van der Waals surface area (Å²) in [5.74, 6) is -0.251. The Hall–Kier alpha value is -1.54. The van der Waals surface area contributed by atoms with Gasteiger partial charge in [-0.3, -0.25) is 9.69 Å². The largest absolute Gasteiger partial charge is 0.389 e. The van der Waals surface area contributed by atoms with E-state index in [0.29, 0.717) is 38.2 Å². The van der Waals surface area contributed by atoms with E-state index in [0.717, 1.165) is 12.8 Å². The van der Waals surface area contributed by atoms with Gasteiger partial charge >= 0.3 is 0 Å². The minimum atomic E-state index is -0.620. The molecule has 0 bridgehead atoms. The molecule has 0 saturated carbocycles. The molecule has 150 valence electrons. The van der Waals surface area contributed by atoms with Crippen LogP contribution in [-0.2, 0) is 20.8 Å². The highest BCUT2D eigenvalue weighted by atomic mass is 19.1. The van der Waals surface area contributed by atoms with E-state index in [1.165, 1.54) is 6.07 Å².